The van der Waals surface area contributed by atoms with E-state index in [-0.39, 0.29) is 0 Å². The first kappa shape index (κ1) is 22.7. The van der Waals surface area contributed by atoms with Gasteiger partial charge in [0.15, 0.2) is 0 Å². The summed E-state index contributed by atoms with van der Waals surface area (Å²) in [7, 11) is 2.40. The van der Waals surface area contributed by atoms with Gasteiger partial charge in [-0.3, -0.25) is 0 Å². The normalized spacial score (nSPS) is 17.4. The summed E-state index contributed by atoms with van der Waals surface area (Å²) in [6, 6.07) is 0. The standard InChI is InChI=1S/C23H46NO/c1-3-4-5-6-7-8-9-10-11-12-13-14-15-16-17-18-19-24(2)20-22-25-23-21-24/h10-11H,3-9,12-23H2,1-2H3/q+1/b11-10-. The van der Waals surface area contributed by atoms with Crippen molar-refractivity contribution in [3.63, 3.8) is 0 Å². The zero-order chi connectivity index (χ0) is 18.1. The second kappa shape index (κ2) is 15.9. The fourth-order valence-corrected chi connectivity index (χ4v) is 3.75. The topological polar surface area (TPSA) is 9.23 Å². The minimum absolute atomic E-state index is 0.961. The maximum absolute atomic E-state index is 5.48. The molecule has 0 aliphatic carbocycles. The molecule has 0 aromatic carbocycles. The van der Waals surface area contributed by atoms with E-state index in [2.05, 4.69) is 26.1 Å². The van der Waals surface area contributed by atoms with E-state index in [0.29, 0.717) is 0 Å². The number of allylic oxidation sites excluding steroid dienone is 2. The first-order chi connectivity index (χ1) is 12.3. The van der Waals surface area contributed by atoms with Crippen LogP contribution in [0.25, 0.3) is 0 Å². The Balaban J connectivity index is 1.77. The van der Waals surface area contributed by atoms with Crippen molar-refractivity contribution < 1.29 is 9.22 Å². The van der Waals surface area contributed by atoms with E-state index in [0.717, 1.165) is 13.2 Å². The summed E-state index contributed by atoms with van der Waals surface area (Å²) in [6.45, 7) is 7.99. The first-order valence-electron chi connectivity index (χ1n) is 11.3. The van der Waals surface area contributed by atoms with E-state index in [4.69, 9.17) is 4.74 Å². The molecule has 148 valence electrons. The minimum Gasteiger partial charge on any atom is -0.370 e. The number of morpholine rings is 1. The molecular formula is C23H46NO+. The first-order valence-corrected chi connectivity index (χ1v) is 11.3. The summed E-state index contributed by atoms with van der Waals surface area (Å²) in [6.07, 6.45) is 24.4. The number of hydrogen-bond donors (Lipinski definition) is 0. The Labute approximate surface area is 158 Å². The van der Waals surface area contributed by atoms with Gasteiger partial charge >= 0.3 is 0 Å². The van der Waals surface area contributed by atoms with Crippen LogP contribution in [0.15, 0.2) is 12.2 Å². The molecule has 0 bridgehead atoms. The number of likely N-dealkylation sites (N-methyl/N-ethyl adjacent to an activating group) is 1. The van der Waals surface area contributed by atoms with Gasteiger partial charge in [-0.25, -0.2) is 0 Å². The van der Waals surface area contributed by atoms with Crippen molar-refractivity contribution in [1.29, 1.82) is 0 Å². The third-order valence-corrected chi connectivity index (χ3v) is 5.76. The van der Waals surface area contributed by atoms with Gasteiger partial charge < -0.3 is 9.22 Å². The van der Waals surface area contributed by atoms with E-state index >= 15 is 0 Å². The molecule has 0 aromatic heterocycles. The largest absolute Gasteiger partial charge is 0.370 e. The quantitative estimate of drug-likeness (QED) is 0.175. The van der Waals surface area contributed by atoms with Crippen LogP contribution in [-0.4, -0.2) is 44.4 Å². The summed E-state index contributed by atoms with van der Waals surface area (Å²) in [5.41, 5.74) is 0. The molecule has 1 heterocycles. The number of nitrogens with zero attached hydrogens (tertiary/aromatic N) is 1. The number of unbranched alkanes of at least 4 members (excludes halogenated alkanes) is 12. The van der Waals surface area contributed by atoms with Gasteiger partial charge in [-0.05, 0) is 38.5 Å². The van der Waals surface area contributed by atoms with Gasteiger partial charge in [0.05, 0.1) is 26.8 Å². The number of ether oxygens (including phenoxy) is 1. The lowest BCUT2D eigenvalue weighted by atomic mass is 10.1. The average molecular weight is 353 g/mol. The molecular weight excluding hydrogens is 306 g/mol. The summed E-state index contributed by atoms with van der Waals surface area (Å²) < 4.78 is 6.72. The minimum atomic E-state index is 0.961. The van der Waals surface area contributed by atoms with Gasteiger partial charge in [-0.1, -0.05) is 70.4 Å². The summed E-state index contributed by atoms with van der Waals surface area (Å²) >= 11 is 0. The number of quaternary nitrogens is 1. The zero-order valence-electron chi connectivity index (χ0n) is 17.4. The fraction of sp³-hybridized carbons (Fsp3) is 0.913. The number of rotatable bonds is 16. The second-order valence-corrected chi connectivity index (χ2v) is 8.34. The second-order valence-electron chi connectivity index (χ2n) is 8.34. The summed E-state index contributed by atoms with van der Waals surface area (Å²) in [5, 5.41) is 0. The van der Waals surface area contributed by atoms with Crippen molar-refractivity contribution in [2.45, 2.75) is 96.8 Å². The molecule has 1 rings (SSSR count). The number of hydrogen-bond acceptors (Lipinski definition) is 1. The van der Waals surface area contributed by atoms with Crippen molar-refractivity contribution in [3.8, 4) is 0 Å². The molecule has 0 unspecified atom stereocenters. The Hall–Kier alpha value is -0.340. The molecule has 0 aromatic rings. The third-order valence-electron chi connectivity index (χ3n) is 5.76. The highest BCUT2D eigenvalue weighted by Crippen LogP contribution is 2.13. The average Bonchev–Trinajstić information content (AvgIpc) is 2.62. The molecule has 2 heteroatoms. The lowest BCUT2D eigenvalue weighted by molar-refractivity contribution is -0.917. The van der Waals surface area contributed by atoms with E-state index in [1.54, 1.807) is 0 Å². The van der Waals surface area contributed by atoms with Crippen molar-refractivity contribution in [3.05, 3.63) is 12.2 Å². The predicted molar refractivity (Wildman–Crippen MR) is 111 cm³/mol. The van der Waals surface area contributed by atoms with Gasteiger partial charge in [0, 0.05) is 0 Å². The molecule has 0 atom stereocenters. The molecule has 1 aliphatic rings. The van der Waals surface area contributed by atoms with Gasteiger partial charge in [0.25, 0.3) is 0 Å². The Morgan fingerprint density at radius 2 is 1.16 bits per heavy atom. The van der Waals surface area contributed by atoms with Crippen molar-refractivity contribution in [2.75, 3.05) is 39.9 Å². The fourth-order valence-electron chi connectivity index (χ4n) is 3.75. The molecule has 0 N–H and O–H groups in total. The van der Waals surface area contributed by atoms with Gasteiger partial charge in [-0.2, -0.15) is 0 Å². The van der Waals surface area contributed by atoms with Gasteiger partial charge in [0.1, 0.15) is 13.1 Å². The highest BCUT2D eigenvalue weighted by atomic mass is 16.5. The Bertz CT molecular complexity index is 307. The van der Waals surface area contributed by atoms with E-state index in [1.807, 2.05) is 0 Å². The molecule has 1 saturated heterocycles. The monoisotopic (exact) mass is 352 g/mol. The van der Waals surface area contributed by atoms with E-state index < -0.39 is 0 Å². The van der Waals surface area contributed by atoms with Crippen LogP contribution in [0.2, 0.25) is 0 Å². The molecule has 0 radical (unpaired) electrons. The molecule has 0 saturated carbocycles. The molecule has 1 aliphatic heterocycles. The lowest BCUT2D eigenvalue weighted by Crippen LogP contribution is -2.52. The predicted octanol–water partition coefficient (Wildman–Crippen LogP) is 6.50. The molecule has 1 fully saturated rings. The van der Waals surface area contributed by atoms with Crippen molar-refractivity contribution >= 4 is 0 Å². The van der Waals surface area contributed by atoms with Crippen LogP contribution in [0.4, 0.5) is 0 Å². The Morgan fingerprint density at radius 1 is 0.680 bits per heavy atom. The van der Waals surface area contributed by atoms with Crippen LogP contribution in [0.5, 0.6) is 0 Å². The molecule has 0 amide bonds. The Morgan fingerprint density at radius 3 is 1.72 bits per heavy atom. The van der Waals surface area contributed by atoms with Crippen LogP contribution < -0.4 is 0 Å². The SMILES string of the molecule is CCCCCCCC/C=C\CCCCCCCC[N+]1(C)CCOCC1. The molecule has 2 nitrogen and oxygen atoms in total. The van der Waals surface area contributed by atoms with E-state index in [9.17, 15) is 0 Å². The van der Waals surface area contributed by atoms with Gasteiger partial charge in [-0.15, -0.1) is 0 Å². The smallest absolute Gasteiger partial charge is 0.102 e. The van der Waals surface area contributed by atoms with Crippen LogP contribution >= 0.6 is 0 Å². The molecule has 25 heavy (non-hydrogen) atoms. The maximum Gasteiger partial charge on any atom is 0.102 e. The zero-order valence-corrected chi connectivity index (χ0v) is 17.4. The highest BCUT2D eigenvalue weighted by molar-refractivity contribution is 4.81. The van der Waals surface area contributed by atoms with E-state index in [1.165, 1.54) is 114 Å². The van der Waals surface area contributed by atoms with Crippen molar-refractivity contribution in [2.24, 2.45) is 0 Å². The molecule has 0 spiro atoms. The maximum atomic E-state index is 5.48. The lowest BCUT2D eigenvalue weighted by Gasteiger charge is -2.37. The summed E-state index contributed by atoms with van der Waals surface area (Å²) in [4.78, 5) is 0. The van der Waals surface area contributed by atoms with Crippen LogP contribution in [0, 0.1) is 0 Å². The third kappa shape index (κ3) is 13.5. The summed E-state index contributed by atoms with van der Waals surface area (Å²) in [5.74, 6) is 0. The van der Waals surface area contributed by atoms with Gasteiger partial charge in [0.2, 0.25) is 0 Å². The van der Waals surface area contributed by atoms with Crippen LogP contribution in [0.1, 0.15) is 96.8 Å². The Kier molecular flexibility index (Phi) is 14.4. The van der Waals surface area contributed by atoms with Crippen LogP contribution in [0.3, 0.4) is 0 Å². The van der Waals surface area contributed by atoms with Crippen LogP contribution in [-0.2, 0) is 4.74 Å². The van der Waals surface area contributed by atoms with Crippen molar-refractivity contribution in [1.82, 2.24) is 0 Å². The highest BCUT2D eigenvalue weighted by Gasteiger charge is 2.23.